The molecular formula is C18H24N6O3. The van der Waals surface area contributed by atoms with Crippen molar-refractivity contribution in [2.45, 2.75) is 6.54 Å². The summed E-state index contributed by atoms with van der Waals surface area (Å²) in [5, 5.41) is 11.4. The van der Waals surface area contributed by atoms with Crippen molar-refractivity contribution in [1.82, 2.24) is 20.1 Å². The molecule has 0 radical (unpaired) electrons. The summed E-state index contributed by atoms with van der Waals surface area (Å²) in [4.78, 5) is 9.14. The van der Waals surface area contributed by atoms with Crippen molar-refractivity contribution in [3.63, 3.8) is 0 Å². The second-order valence-corrected chi connectivity index (χ2v) is 6.51. The van der Waals surface area contributed by atoms with Crippen LogP contribution in [0.15, 0.2) is 24.4 Å². The Bertz CT molecular complexity index is 767. The highest BCUT2D eigenvalue weighted by Gasteiger charge is 2.21. The summed E-state index contributed by atoms with van der Waals surface area (Å²) in [5.74, 6) is 3.05. The minimum Gasteiger partial charge on any atom is -0.454 e. The molecule has 0 unspecified atom stereocenters. The highest BCUT2D eigenvalue weighted by atomic mass is 16.7. The van der Waals surface area contributed by atoms with Crippen LogP contribution in [-0.4, -0.2) is 73.3 Å². The highest BCUT2D eigenvalue weighted by Crippen LogP contribution is 2.32. The zero-order valence-electron chi connectivity index (χ0n) is 15.4. The second kappa shape index (κ2) is 8.36. The van der Waals surface area contributed by atoms with Crippen LogP contribution in [0.1, 0.15) is 5.56 Å². The number of hydrogen-bond acceptors (Lipinski definition) is 9. The van der Waals surface area contributed by atoms with E-state index in [0.717, 1.165) is 50.0 Å². The molecule has 4 rings (SSSR count). The molecule has 3 heterocycles. The van der Waals surface area contributed by atoms with Crippen LogP contribution in [0.4, 0.5) is 11.8 Å². The second-order valence-electron chi connectivity index (χ2n) is 6.51. The number of hydrogen-bond donors (Lipinski definition) is 1. The van der Waals surface area contributed by atoms with Crippen molar-refractivity contribution in [2.24, 2.45) is 0 Å². The standard InChI is InChI=1S/C18H24N6O3/c1-25-9-4-19-17-11-20-22-18(21-17)24-7-5-23(6-8-24)12-14-2-3-15-16(10-14)27-13-26-15/h2-3,10-11H,4-9,12-13H2,1H3,(H,19,21,22). The van der Waals surface area contributed by atoms with E-state index in [0.29, 0.717) is 25.9 Å². The number of anilines is 2. The van der Waals surface area contributed by atoms with Crippen LogP contribution in [0, 0.1) is 0 Å². The van der Waals surface area contributed by atoms with E-state index in [1.165, 1.54) is 5.56 Å². The number of methoxy groups -OCH3 is 1. The molecule has 1 fully saturated rings. The Balaban J connectivity index is 1.30. The molecule has 1 saturated heterocycles. The summed E-state index contributed by atoms with van der Waals surface area (Å²) in [6.07, 6.45) is 1.63. The van der Waals surface area contributed by atoms with E-state index < -0.39 is 0 Å². The normalized spacial score (nSPS) is 16.6. The van der Waals surface area contributed by atoms with Gasteiger partial charge in [0.25, 0.3) is 0 Å². The summed E-state index contributed by atoms with van der Waals surface area (Å²) in [6.45, 7) is 6.14. The lowest BCUT2D eigenvalue weighted by molar-refractivity contribution is 0.174. The molecule has 0 aliphatic carbocycles. The third kappa shape index (κ3) is 4.37. The number of rotatable bonds is 7. The molecular weight excluding hydrogens is 348 g/mol. The Hall–Kier alpha value is -2.65. The van der Waals surface area contributed by atoms with Gasteiger partial charge >= 0.3 is 0 Å². The lowest BCUT2D eigenvalue weighted by Crippen LogP contribution is -2.46. The van der Waals surface area contributed by atoms with Crippen molar-refractivity contribution in [2.75, 3.05) is 63.5 Å². The smallest absolute Gasteiger partial charge is 0.247 e. The first-order valence-corrected chi connectivity index (χ1v) is 9.10. The number of fused-ring (bicyclic) bond motifs is 1. The number of nitrogens with zero attached hydrogens (tertiary/aromatic N) is 5. The van der Waals surface area contributed by atoms with Crippen molar-refractivity contribution in [3.8, 4) is 11.5 Å². The maximum absolute atomic E-state index is 5.46. The van der Waals surface area contributed by atoms with Gasteiger partial charge in [0.15, 0.2) is 17.3 Å². The fraction of sp³-hybridized carbons (Fsp3) is 0.500. The first kappa shape index (κ1) is 17.7. The minimum atomic E-state index is 0.310. The van der Waals surface area contributed by atoms with Crippen LogP contribution in [-0.2, 0) is 11.3 Å². The molecule has 144 valence electrons. The zero-order chi connectivity index (χ0) is 18.5. The molecule has 0 spiro atoms. The molecule has 2 aliphatic heterocycles. The zero-order valence-corrected chi connectivity index (χ0v) is 15.4. The van der Waals surface area contributed by atoms with Gasteiger partial charge in [0.05, 0.1) is 12.8 Å². The third-order valence-corrected chi connectivity index (χ3v) is 4.66. The van der Waals surface area contributed by atoms with Gasteiger partial charge in [0, 0.05) is 46.4 Å². The van der Waals surface area contributed by atoms with Gasteiger partial charge in [-0.3, -0.25) is 4.90 Å². The van der Waals surface area contributed by atoms with Gasteiger partial charge in [-0.25, -0.2) is 0 Å². The molecule has 2 aliphatic rings. The SMILES string of the molecule is COCCNc1cnnc(N2CCN(Cc3ccc4c(c3)OCO4)CC2)n1. The first-order valence-electron chi connectivity index (χ1n) is 9.10. The summed E-state index contributed by atoms with van der Waals surface area (Å²) in [7, 11) is 1.67. The van der Waals surface area contributed by atoms with Gasteiger partial charge in [-0.1, -0.05) is 6.07 Å². The fourth-order valence-electron chi connectivity index (χ4n) is 3.20. The largest absolute Gasteiger partial charge is 0.454 e. The molecule has 0 bridgehead atoms. The topological polar surface area (TPSA) is 84.9 Å². The number of benzene rings is 1. The molecule has 9 heteroatoms. The molecule has 2 aromatic rings. The lowest BCUT2D eigenvalue weighted by Gasteiger charge is -2.34. The molecule has 0 saturated carbocycles. The number of nitrogens with one attached hydrogen (secondary N) is 1. The van der Waals surface area contributed by atoms with E-state index in [1.54, 1.807) is 13.3 Å². The van der Waals surface area contributed by atoms with Crippen molar-refractivity contribution in [1.29, 1.82) is 0 Å². The third-order valence-electron chi connectivity index (χ3n) is 4.66. The van der Waals surface area contributed by atoms with E-state index in [9.17, 15) is 0 Å². The summed E-state index contributed by atoms with van der Waals surface area (Å²) < 4.78 is 15.9. The van der Waals surface area contributed by atoms with Crippen LogP contribution in [0.5, 0.6) is 11.5 Å². The Morgan fingerprint density at radius 2 is 2.00 bits per heavy atom. The van der Waals surface area contributed by atoms with E-state index in [1.807, 2.05) is 6.07 Å². The average Bonchev–Trinajstić information content (AvgIpc) is 3.17. The first-order chi connectivity index (χ1) is 13.3. The lowest BCUT2D eigenvalue weighted by atomic mass is 10.1. The maximum Gasteiger partial charge on any atom is 0.247 e. The van der Waals surface area contributed by atoms with Crippen LogP contribution in [0.2, 0.25) is 0 Å². The molecule has 1 N–H and O–H groups in total. The molecule has 27 heavy (non-hydrogen) atoms. The van der Waals surface area contributed by atoms with Gasteiger partial charge in [-0.2, -0.15) is 10.1 Å². The Kier molecular flexibility index (Phi) is 5.50. The maximum atomic E-state index is 5.46. The van der Waals surface area contributed by atoms with Crippen LogP contribution < -0.4 is 19.7 Å². The van der Waals surface area contributed by atoms with Crippen LogP contribution >= 0.6 is 0 Å². The average molecular weight is 372 g/mol. The quantitative estimate of drug-likeness (QED) is 0.715. The van der Waals surface area contributed by atoms with Crippen molar-refractivity contribution < 1.29 is 14.2 Å². The van der Waals surface area contributed by atoms with Gasteiger partial charge in [0.2, 0.25) is 12.7 Å². The predicted molar refractivity (Wildman–Crippen MR) is 100 cm³/mol. The van der Waals surface area contributed by atoms with Gasteiger partial charge in [-0.05, 0) is 17.7 Å². The summed E-state index contributed by atoms with van der Waals surface area (Å²) >= 11 is 0. The van der Waals surface area contributed by atoms with Gasteiger partial charge in [0.1, 0.15) is 0 Å². The van der Waals surface area contributed by atoms with Crippen LogP contribution in [0.25, 0.3) is 0 Å². The fourth-order valence-corrected chi connectivity index (χ4v) is 3.20. The summed E-state index contributed by atoms with van der Waals surface area (Å²) in [6, 6.07) is 6.15. The number of aromatic nitrogens is 3. The molecule has 9 nitrogen and oxygen atoms in total. The van der Waals surface area contributed by atoms with Gasteiger partial charge < -0.3 is 24.4 Å². The number of ether oxygens (including phenoxy) is 3. The number of piperazine rings is 1. The monoisotopic (exact) mass is 372 g/mol. The predicted octanol–water partition coefficient (Wildman–Crippen LogP) is 0.981. The molecule has 0 atom stereocenters. The molecule has 0 amide bonds. The van der Waals surface area contributed by atoms with E-state index in [2.05, 4.69) is 42.4 Å². The molecule has 1 aromatic heterocycles. The minimum absolute atomic E-state index is 0.310. The highest BCUT2D eigenvalue weighted by molar-refractivity contribution is 5.44. The van der Waals surface area contributed by atoms with E-state index in [-0.39, 0.29) is 0 Å². The Labute approximate surface area is 158 Å². The summed E-state index contributed by atoms with van der Waals surface area (Å²) in [5.41, 5.74) is 1.23. The Morgan fingerprint density at radius 3 is 2.85 bits per heavy atom. The van der Waals surface area contributed by atoms with E-state index >= 15 is 0 Å². The molecule has 1 aromatic carbocycles. The Morgan fingerprint density at radius 1 is 1.15 bits per heavy atom. The van der Waals surface area contributed by atoms with Crippen molar-refractivity contribution in [3.05, 3.63) is 30.0 Å². The van der Waals surface area contributed by atoms with Gasteiger partial charge in [-0.15, -0.1) is 5.10 Å². The van der Waals surface area contributed by atoms with E-state index in [4.69, 9.17) is 14.2 Å². The van der Waals surface area contributed by atoms with Crippen molar-refractivity contribution >= 4 is 11.8 Å². The van der Waals surface area contributed by atoms with Crippen LogP contribution in [0.3, 0.4) is 0 Å².